The van der Waals surface area contributed by atoms with Crippen LogP contribution in [0.3, 0.4) is 0 Å². The molecule has 0 radical (unpaired) electrons. The van der Waals surface area contributed by atoms with Gasteiger partial charge < -0.3 is 4.90 Å². The van der Waals surface area contributed by atoms with Gasteiger partial charge in [0.05, 0.1) is 0 Å². The van der Waals surface area contributed by atoms with E-state index in [9.17, 15) is 4.79 Å². The van der Waals surface area contributed by atoms with Crippen molar-refractivity contribution in [1.82, 2.24) is 4.90 Å². The minimum atomic E-state index is -0.155. The fraction of sp³-hybridized carbons (Fsp3) is 0.444. The molecule has 1 rings (SSSR count). The molecule has 1 amide bonds. The molecule has 0 aromatic carbocycles. The van der Waals surface area contributed by atoms with Gasteiger partial charge in [0.25, 0.3) is 5.91 Å². The third-order valence-corrected chi connectivity index (χ3v) is 1.60. The summed E-state index contributed by atoms with van der Waals surface area (Å²) in [6.45, 7) is 9.74. The van der Waals surface area contributed by atoms with E-state index >= 15 is 0 Å². The van der Waals surface area contributed by atoms with Crippen molar-refractivity contribution in [3.8, 4) is 0 Å². The monoisotopic (exact) mass is 151 g/mol. The van der Waals surface area contributed by atoms with Crippen molar-refractivity contribution in [2.75, 3.05) is 0 Å². The number of allylic oxidation sites excluding steroid dienone is 1. The lowest BCUT2D eigenvalue weighted by Gasteiger charge is -2.32. The molecule has 0 saturated carbocycles. The SMILES string of the molecule is C=C1C=CC(=O)N1C(C)(C)C. The van der Waals surface area contributed by atoms with E-state index < -0.39 is 0 Å². The number of rotatable bonds is 0. The Hall–Kier alpha value is -1.05. The first kappa shape index (κ1) is 8.05. The van der Waals surface area contributed by atoms with Gasteiger partial charge in [-0.2, -0.15) is 0 Å². The Morgan fingerprint density at radius 3 is 2.09 bits per heavy atom. The second kappa shape index (κ2) is 2.22. The Bertz CT molecular complexity index is 214. The summed E-state index contributed by atoms with van der Waals surface area (Å²) in [5.74, 6) is 0.0301. The van der Waals surface area contributed by atoms with Crippen molar-refractivity contribution in [1.29, 1.82) is 0 Å². The van der Waals surface area contributed by atoms with Crippen LogP contribution in [0.25, 0.3) is 0 Å². The first-order valence-electron chi connectivity index (χ1n) is 3.64. The van der Waals surface area contributed by atoms with Gasteiger partial charge in [-0.3, -0.25) is 4.79 Å². The Labute approximate surface area is 67.2 Å². The van der Waals surface area contributed by atoms with E-state index in [4.69, 9.17) is 0 Å². The van der Waals surface area contributed by atoms with Crippen LogP contribution in [0.4, 0.5) is 0 Å². The summed E-state index contributed by atoms with van der Waals surface area (Å²) in [7, 11) is 0. The summed E-state index contributed by atoms with van der Waals surface area (Å²) in [5.41, 5.74) is 0.625. The number of carbonyl (C=O) groups excluding carboxylic acids is 1. The summed E-state index contributed by atoms with van der Waals surface area (Å²) < 4.78 is 0. The molecule has 0 bridgehead atoms. The van der Waals surface area contributed by atoms with Crippen LogP contribution in [0.1, 0.15) is 20.8 Å². The van der Waals surface area contributed by atoms with Gasteiger partial charge in [0.15, 0.2) is 0 Å². The van der Waals surface area contributed by atoms with E-state index in [2.05, 4.69) is 6.58 Å². The maximum Gasteiger partial charge on any atom is 0.251 e. The average molecular weight is 151 g/mol. The number of nitrogens with zero attached hydrogens (tertiary/aromatic N) is 1. The Balaban J connectivity index is 2.91. The van der Waals surface area contributed by atoms with Crippen molar-refractivity contribution < 1.29 is 4.79 Å². The topological polar surface area (TPSA) is 20.3 Å². The third-order valence-electron chi connectivity index (χ3n) is 1.60. The highest BCUT2D eigenvalue weighted by Gasteiger charge is 2.29. The minimum absolute atomic E-state index is 0.0301. The molecule has 0 aromatic rings. The molecule has 0 N–H and O–H groups in total. The summed E-state index contributed by atoms with van der Waals surface area (Å²) in [5, 5.41) is 0. The Morgan fingerprint density at radius 1 is 1.36 bits per heavy atom. The van der Waals surface area contributed by atoms with E-state index in [1.165, 1.54) is 0 Å². The molecule has 1 heterocycles. The highest BCUT2D eigenvalue weighted by Crippen LogP contribution is 2.23. The van der Waals surface area contributed by atoms with Gasteiger partial charge >= 0.3 is 0 Å². The zero-order valence-electron chi connectivity index (χ0n) is 7.22. The van der Waals surface area contributed by atoms with E-state index in [1.807, 2.05) is 20.8 Å². The van der Waals surface area contributed by atoms with Crippen LogP contribution >= 0.6 is 0 Å². The van der Waals surface area contributed by atoms with Crippen LogP contribution in [-0.4, -0.2) is 16.3 Å². The standard InChI is InChI=1S/C9H13NO/c1-7-5-6-8(11)10(7)9(2,3)4/h5-6H,1H2,2-4H3. The number of hydrogen-bond donors (Lipinski definition) is 0. The number of carbonyl (C=O) groups is 1. The van der Waals surface area contributed by atoms with Gasteiger partial charge in [0, 0.05) is 17.3 Å². The molecule has 0 spiro atoms. The lowest BCUT2D eigenvalue weighted by Crippen LogP contribution is -2.41. The highest BCUT2D eigenvalue weighted by atomic mass is 16.2. The van der Waals surface area contributed by atoms with Crippen LogP contribution in [-0.2, 0) is 4.79 Å². The lowest BCUT2D eigenvalue weighted by atomic mass is 10.1. The minimum Gasteiger partial charge on any atom is -0.304 e. The van der Waals surface area contributed by atoms with Crippen molar-refractivity contribution >= 4 is 5.91 Å². The fourth-order valence-corrected chi connectivity index (χ4v) is 1.22. The third kappa shape index (κ3) is 1.34. The van der Waals surface area contributed by atoms with E-state index in [0.717, 1.165) is 5.70 Å². The van der Waals surface area contributed by atoms with Crippen molar-refractivity contribution in [2.24, 2.45) is 0 Å². The Morgan fingerprint density at radius 2 is 1.91 bits per heavy atom. The maximum absolute atomic E-state index is 11.2. The van der Waals surface area contributed by atoms with Gasteiger partial charge in [0.2, 0.25) is 0 Å². The van der Waals surface area contributed by atoms with Gasteiger partial charge in [-0.15, -0.1) is 0 Å². The zero-order chi connectivity index (χ0) is 8.65. The van der Waals surface area contributed by atoms with Gasteiger partial charge in [-0.25, -0.2) is 0 Å². The van der Waals surface area contributed by atoms with Crippen molar-refractivity contribution in [3.63, 3.8) is 0 Å². The molecule has 1 aliphatic heterocycles. The molecule has 0 atom stereocenters. The molecule has 0 saturated heterocycles. The quantitative estimate of drug-likeness (QED) is 0.516. The van der Waals surface area contributed by atoms with Crippen LogP contribution in [0.5, 0.6) is 0 Å². The van der Waals surface area contributed by atoms with Crippen LogP contribution in [0, 0.1) is 0 Å². The van der Waals surface area contributed by atoms with Crippen molar-refractivity contribution in [3.05, 3.63) is 24.4 Å². The average Bonchev–Trinajstić information content (AvgIpc) is 2.08. The largest absolute Gasteiger partial charge is 0.304 e. The predicted molar refractivity (Wildman–Crippen MR) is 44.9 cm³/mol. The highest BCUT2D eigenvalue weighted by molar-refractivity contribution is 5.93. The summed E-state index contributed by atoms with van der Waals surface area (Å²) in [6.07, 6.45) is 3.29. The van der Waals surface area contributed by atoms with Gasteiger partial charge in [-0.1, -0.05) is 6.58 Å². The molecule has 2 nitrogen and oxygen atoms in total. The normalized spacial score (nSPS) is 18.3. The molecule has 0 fully saturated rings. The molecular weight excluding hydrogens is 138 g/mol. The molecule has 11 heavy (non-hydrogen) atoms. The smallest absolute Gasteiger partial charge is 0.251 e. The van der Waals surface area contributed by atoms with Crippen LogP contribution < -0.4 is 0 Å². The maximum atomic E-state index is 11.2. The summed E-state index contributed by atoms with van der Waals surface area (Å²) in [6, 6.07) is 0. The first-order valence-corrected chi connectivity index (χ1v) is 3.64. The molecule has 60 valence electrons. The number of amides is 1. The molecule has 1 aliphatic rings. The Kier molecular flexibility index (Phi) is 1.63. The second-order valence-corrected chi connectivity index (χ2v) is 3.67. The zero-order valence-corrected chi connectivity index (χ0v) is 7.22. The van der Waals surface area contributed by atoms with Crippen LogP contribution in [0.15, 0.2) is 24.4 Å². The van der Waals surface area contributed by atoms with Gasteiger partial charge in [0.1, 0.15) is 0 Å². The second-order valence-electron chi connectivity index (χ2n) is 3.67. The fourth-order valence-electron chi connectivity index (χ4n) is 1.22. The summed E-state index contributed by atoms with van der Waals surface area (Å²) >= 11 is 0. The van der Waals surface area contributed by atoms with Crippen LogP contribution in [0.2, 0.25) is 0 Å². The molecule has 0 unspecified atom stereocenters. The molecular formula is C9H13NO. The van der Waals surface area contributed by atoms with E-state index in [0.29, 0.717) is 0 Å². The molecule has 2 heteroatoms. The first-order chi connectivity index (χ1) is 4.93. The predicted octanol–water partition coefficient (Wildman–Crippen LogP) is 1.70. The van der Waals surface area contributed by atoms with E-state index in [1.54, 1.807) is 17.1 Å². The molecule has 0 aliphatic carbocycles. The molecule has 0 aromatic heterocycles. The number of hydrogen-bond acceptors (Lipinski definition) is 1. The van der Waals surface area contributed by atoms with E-state index in [-0.39, 0.29) is 11.4 Å². The van der Waals surface area contributed by atoms with Crippen molar-refractivity contribution in [2.45, 2.75) is 26.3 Å². The van der Waals surface area contributed by atoms with Gasteiger partial charge in [-0.05, 0) is 26.8 Å². The lowest BCUT2D eigenvalue weighted by molar-refractivity contribution is -0.126. The summed E-state index contributed by atoms with van der Waals surface area (Å²) in [4.78, 5) is 12.9.